The van der Waals surface area contributed by atoms with E-state index in [2.05, 4.69) is 10.1 Å². The van der Waals surface area contributed by atoms with Gasteiger partial charge < -0.3 is 19.7 Å². The third-order valence-corrected chi connectivity index (χ3v) is 1.69. The number of hydrogen-bond acceptors (Lipinski definition) is 5. The van der Waals surface area contributed by atoms with Crippen molar-refractivity contribution in [2.75, 3.05) is 6.54 Å². The number of quaternary nitrogens is 1. The second kappa shape index (κ2) is 5.33. The highest BCUT2D eigenvalue weighted by Crippen LogP contribution is 1.91. The van der Waals surface area contributed by atoms with Crippen LogP contribution >= 0.6 is 0 Å². The first-order valence-electron chi connectivity index (χ1n) is 4.49. The molecule has 1 rings (SSSR count). The van der Waals surface area contributed by atoms with Crippen LogP contribution in [0.5, 0.6) is 0 Å². The fraction of sp³-hybridized carbons (Fsp3) is 0.625. The second-order valence-corrected chi connectivity index (χ2v) is 2.99. The molecule has 0 atom stereocenters. The molecule has 0 aliphatic heterocycles. The van der Waals surface area contributed by atoms with Gasteiger partial charge in [-0.1, -0.05) is 5.16 Å². The van der Waals surface area contributed by atoms with Crippen LogP contribution in [-0.2, 0) is 11.3 Å². The number of carboxylic acids is 1. The smallest absolute Gasteiger partial charge is 0.226 e. The van der Waals surface area contributed by atoms with E-state index in [9.17, 15) is 9.90 Å². The van der Waals surface area contributed by atoms with E-state index in [1.807, 2.05) is 5.32 Å². The minimum atomic E-state index is -1.01. The zero-order chi connectivity index (χ0) is 10.4. The Morgan fingerprint density at radius 1 is 1.64 bits per heavy atom. The van der Waals surface area contributed by atoms with Gasteiger partial charge in [0.2, 0.25) is 11.7 Å². The van der Waals surface area contributed by atoms with Crippen molar-refractivity contribution in [3.63, 3.8) is 0 Å². The fourth-order valence-corrected chi connectivity index (χ4v) is 1.05. The molecule has 14 heavy (non-hydrogen) atoms. The minimum absolute atomic E-state index is 0.0990. The van der Waals surface area contributed by atoms with Gasteiger partial charge in [-0.25, -0.2) is 0 Å². The highest BCUT2D eigenvalue weighted by Gasteiger charge is 2.02. The Balaban J connectivity index is 2.07. The average molecular weight is 199 g/mol. The van der Waals surface area contributed by atoms with Crippen LogP contribution in [0.2, 0.25) is 0 Å². The van der Waals surface area contributed by atoms with Gasteiger partial charge in [-0.2, -0.15) is 4.98 Å². The van der Waals surface area contributed by atoms with E-state index in [0.29, 0.717) is 24.7 Å². The van der Waals surface area contributed by atoms with Crippen LogP contribution in [0.3, 0.4) is 0 Å². The molecule has 0 amide bonds. The predicted molar refractivity (Wildman–Crippen MR) is 43.8 cm³/mol. The number of nitrogens with zero attached hydrogens (tertiary/aromatic N) is 2. The standard InChI is InChI=1S/C8H13N3O3/c1-6-10-7(11-14-6)5-9-4-2-3-8(12)13/h9H,2-5H2,1H3,(H,12,13). The van der Waals surface area contributed by atoms with E-state index in [1.165, 1.54) is 0 Å². The van der Waals surface area contributed by atoms with Gasteiger partial charge in [0.15, 0.2) is 0 Å². The molecule has 0 saturated heterocycles. The lowest BCUT2D eigenvalue weighted by Gasteiger charge is -1.99. The number of nitrogens with two attached hydrogens (primary N) is 1. The van der Waals surface area contributed by atoms with Gasteiger partial charge in [-0.05, 0) is 6.42 Å². The summed E-state index contributed by atoms with van der Waals surface area (Å²) < 4.78 is 4.77. The SMILES string of the molecule is Cc1nc(C[NH2+]CCCC(=O)[O-])no1. The molecule has 0 radical (unpaired) electrons. The van der Waals surface area contributed by atoms with Crippen LogP contribution in [-0.4, -0.2) is 22.7 Å². The number of hydrogen-bond donors (Lipinski definition) is 1. The van der Waals surface area contributed by atoms with Crippen LogP contribution < -0.4 is 10.4 Å². The molecule has 1 aromatic rings. The first-order chi connectivity index (χ1) is 6.68. The van der Waals surface area contributed by atoms with Crippen molar-refractivity contribution in [3.05, 3.63) is 11.7 Å². The molecule has 1 heterocycles. The lowest BCUT2D eigenvalue weighted by Crippen LogP contribution is -2.82. The summed E-state index contributed by atoms with van der Waals surface area (Å²) in [5.74, 6) is 0.174. The summed E-state index contributed by atoms with van der Waals surface area (Å²) in [5, 5.41) is 15.7. The van der Waals surface area contributed by atoms with Crippen molar-refractivity contribution in [1.29, 1.82) is 0 Å². The third-order valence-electron chi connectivity index (χ3n) is 1.69. The Labute approximate surface area is 81.3 Å². The Morgan fingerprint density at radius 3 is 3.00 bits per heavy atom. The number of carbonyl (C=O) groups is 1. The molecule has 0 saturated carbocycles. The van der Waals surface area contributed by atoms with E-state index >= 15 is 0 Å². The normalized spacial score (nSPS) is 10.4. The van der Waals surface area contributed by atoms with Gasteiger partial charge in [0.25, 0.3) is 0 Å². The van der Waals surface area contributed by atoms with Crippen molar-refractivity contribution in [2.24, 2.45) is 0 Å². The van der Waals surface area contributed by atoms with Gasteiger partial charge >= 0.3 is 0 Å². The van der Waals surface area contributed by atoms with Crippen molar-refractivity contribution < 1.29 is 19.7 Å². The summed E-state index contributed by atoms with van der Waals surface area (Å²) in [5.41, 5.74) is 0. The van der Waals surface area contributed by atoms with Crippen LogP contribution in [0, 0.1) is 6.92 Å². The number of aliphatic carboxylic acids is 1. The number of aryl methyl sites for hydroxylation is 1. The lowest BCUT2D eigenvalue weighted by molar-refractivity contribution is -0.672. The molecule has 6 nitrogen and oxygen atoms in total. The molecular weight excluding hydrogens is 186 g/mol. The largest absolute Gasteiger partial charge is 0.550 e. The van der Waals surface area contributed by atoms with E-state index < -0.39 is 5.97 Å². The zero-order valence-electron chi connectivity index (χ0n) is 8.02. The van der Waals surface area contributed by atoms with E-state index in [4.69, 9.17) is 4.52 Å². The number of carbonyl (C=O) groups excluding carboxylic acids is 1. The van der Waals surface area contributed by atoms with Crippen molar-refractivity contribution in [2.45, 2.75) is 26.3 Å². The molecule has 6 heteroatoms. The van der Waals surface area contributed by atoms with Gasteiger partial charge in [0, 0.05) is 19.3 Å². The summed E-state index contributed by atoms with van der Waals surface area (Å²) in [6.07, 6.45) is 0.695. The molecule has 1 aromatic heterocycles. The minimum Gasteiger partial charge on any atom is -0.550 e. The average Bonchev–Trinajstić information content (AvgIpc) is 2.50. The van der Waals surface area contributed by atoms with Crippen LogP contribution in [0.1, 0.15) is 24.6 Å². The molecule has 0 bridgehead atoms. The van der Waals surface area contributed by atoms with Gasteiger partial charge in [-0.3, -0.25) is 0 Å². The number of carboxylic acid groups (broad SMARTS) is 1. The molecule has 0 unspecified atom stereocenters. The Morgan fingerprint density at radius 2 is 2.43 bits per heavy atom. The number of rotatable bonds is 6. The molecule has 0 aliphatic carbocycles. The highest BCUT2D eigenvalue weighted by atomic mass is 16.5. The first kappa shape index (κ1) is 10.6. The Bertz CT molecular complexity index is 298. The maximum Gasteiger partial charge on any atom is 0.226 e. The van der Waals surface area contributed by atoms with Crippen LogP contribution in [0.15, 0.2) is 4.52 Å². The summed E-state index contributed by atoms with van der Waals surface area (Å²) in [4.78, 5) is 14.1. The number of aromatic nitrogens is 2. The first-order valence-corrected chi connectivity index (χ1v) is 4.49. The summed E-state index contributed by atoms with van der Waals surface area (Å²) in [6, 6.07) is 0. The Kier molecular flexibility index (Phi) is 4.06. The van der Waals surface area contributed by atoms with Crippen LogP contribution in [0.25, 0.3) is 0 Å². The van der Waals surface area contributed by atoms with Gasteiger partial charge in [-0.15, -0.1) is 0 Å². The topological polar surface area (TPSA) is 95.7 Å². The van der Waals surface area contributed by atoms with E-state index in [0.717, 1.165) is 6.54 Å². The second-order valence-electron chi connectivity index (χ2n) is 2.99. The fourth-order valence-electron chi connectivity index (χ4n) is 1.05. The molecular formula is C8H13N3O3. The monoisotopic (exact) mass is 199 g/mol. The van der Waals surface area contributed by atoms with Crippen LogP contribution in [0.4, 0.5) is 0 Å². The highest BCUT2D eigenvalue weighted by molar-refractivity contribution is 5.64. The summed E-state index contributed by atoms with van der Waals surface area (Å²) >= 11 is 0. The van der Waals surface area contributed by atoms with E-state index in [1.54, 1.807) is 6.92 Å². The van der Waals surface area contributed by atoms with Crippen molar-refractivity contribution in [3.8, 4) is 0 Å². The maximum atomic E-state index is 10.1. The quantitative estimate of drug-likeness (QED) is 0.533. The lowest BCUT2D eigenvalue weighted by atomic mass is 10.3. The Hall–Kier alpha value is -1.43. The molecule has 0 fully saturated rings. The zero-order valence-corrected chi connectivity index (χ0v) is 8.02. The third kappa shape index (κ3) is 3.99. The predicted octanol–water partition coefficient (Wildman–Crippen LogP) is -2.03. The van der Waals surface area contributed by atoms with E-state index in [-0.39, 0.29) is 6.42 Å². The van der Waals surface area contributed by atoms with Gasteiger partial charge in [0.05, 0.1) is 6.54 Å². The van der Waals surface area contributed by atoms with Crippen molar-refractivity contribution >= 4 is 5.97 Å². The maximum absolute atomic E-state index is 10.1. The molecule has 0 aliphatic rings. The van der Waals surface area contributed by atoms with Crippen molar-refractivity contribution in [1.82, 2.24) is 10.1 Å². The van der Waals surface area contributed by atoms with Gasteiger partial charge in [0.1, 0.15) is 6.54 Å². The molecule has 0 aromatic carbocycles. The summed E-state index contributed by atoms with van der Waals surface area (Å²) in [7, 11) is 0. The molecule has 0 spiro atoms. The molecule has 2 N–H and O–H groups in total. The summed E-state index contributed by atoms with van der Waals surface area (Å²) in [6.45, 7) is 3.07. The molecule has 78 valence electrons.